The zero-order valence-corrected chi connectivity index (χ0v) is 15.0. The minimum atomic E-state index is -0.185. The quantitative estimate of drug-likeness (QED) is 0.539. The molecule has 2 bridgehead atoms. The summed E-state index contributed by atoms with van der Waals surface area (Å²) in [6.07, 6.45) is 1.98. The molecule has 1 heterocycles. The lowest BCUT2D eigenvalue weighted by Crippen LogP contribution is -2.43. The highest BCUT2D eigenvalue weighted by atomic mass is 16.2. The molecule has 23 heavy (non-hydrogen) atoms. The van der Waals surface area contributed by atoms with Crippen LogP contribution in [-0.2, 0) is 4.79 Å². The fourth-order valence-corrected chi connectivity index (χ4v) is 3.23. The number of rotatable bonds is 2. The van der Waals surface area contributed by atoms with Crippen LogP contribution < -0.4 is 10.6 Å². The second-order valence-electron chi connectivity index (χ2n) is 7.91. The average Bonchev–Trinajstić information content (AvgIpc) is 2.64. The Balaban J connectivity index is 2.25. The van der Waals surface area contributed by atoms with E-state index in [9.17, 15) is 4.79 Å². The number of nitrogens with one attached hydrogen (secondary N) is 3. The van der Waals surface area contributed by atoms with E-state index in [0.29, 0.717) is 12.0 Å². The Morgan fingerprint density at radius 2 is 2.00 bits per heavy atom. The molecule has 0 spiro atoms. The Bertz CT molecular complexity index is 559. The molecule has 1 amide bonds. The van der Waals surface area contributed by atoms with E-state index in [2.05, 4.69) is 43.3 Å². The van der Waals surface area contributed by atoms with Crippen LogP contribution in [0.15, 0.2) is 9.98 Å². The lowest BCUT2D eigenvalue weighted by Gasteiger charge is -2.26. The number of carbonyl (C=O) groups is 1. The molecule has 1 fully saturated rings. The van der Waals surface area contributed by atoms with Gasteiger partial charge in [0.1, 0.15) is 5.84 Å². The molecule has 2 unspecified atom stereocenters. The first-order valence-electron chi connectivity index (χ1n) is 8.43. The molecule has 6 heteroatoms. The van der Waals surface area contributed by atoms with Gasteiger partial charge in [-0.1, -0.05) is 27.7 Å². The molecular formula is C17H29N5O. The fraction of sp³-hybridized carbons (Fsp3) is 0.765. The van der Waals surface area contributed by atoms with Gasteiger partial charge in [0.15, 0.2) is 0 Å². The van der Waals surface area contributed by atoms with Gasteiger partial charge in [0.05, 0.1) is 11.8 Å². The van der Waals surface area contributed by atoms with Crippen molar-refractivity contribution in [1.82, 2.24) is 10.6 Å². The van der Waals surface area contributed by atoms with E-state index in [4.69, 9.17) is 10.4 Å². The smallest absolute Gasteiger partial charge is 0.229 e. The predicted octanol–water partition coefficient (Wildman–Crippen LogP) is 2.35. The summed E-state index contributed by atoms with van der Waals surface area (Å²) in [6.45, 7) is 12.2. The molecule has 2 rings (SSSR count). The molecule has 0 radical (unpaired) electrons. The zero-order chi connectivity index (χ0) is 17.4. The van der Waals surface area contributed by atoms with E-state index >= 15 is 0 Å². The summed E-state index contributed by atoms with van der Waals surface area (Å²) >= 11 is 0. The van der Waals surface area contributed by atoms with Gasteiger partial charge in [0.25, 0.3) is 0 Å². The summed E-state index contributed by atoms with van der Waals surface area (Å²) in [4.78, 5) is 21.0. The lowest BCUT2D eigenvalue weighted by atomic mass is 9.87. The van der Waals surface area contributed by atoms with E-state index in [0.717, 1.165) is 24.4 Å². The summed E-state index contributed by atoms with van der Waals surface area (Å²) in [5.74, 6) is 0.634. The zero-order valence-electron chi connectivity index (χ0n) is 15.0. The highest BCUT2D eigenvalue weighted by Crippen LogP contribution is 2.46. The van der Waals surface area contributed by atoms with Gasteiger partial charge in [0, 0.05) is 17.9 Å². The molecule has 6 nitrogen and oxygen atoms in total. The van der Waals surface area contributed by atoms with Crippen molar-refractivity contribution in [2.24, 2.45) is 27.2 Å². The molecule has 1 aliphatic heterocycles. The maximum Gasteiger partial charge on any atom is 0.229 e. The van der Waals surface area contributed by atoms with E-state index in [1.54, 1.807) is 13.8 Å². The number of hydrogen-bond acceptors (Lipinski definition) is 4. The molecule has 1 saturated carbocycles. The Labute approximate surface area is 138 Å². The highest BCUT2D eigenvalue weighted by Gasteiger charge is 2.46. The minimum Gasteiger partial charge on any atom is -0.367 e. The largest absolute Gasteiger partial charge is 0.367 e. The Morgan fingerprint density at radius 1 is 1.35 bits per heavy atom. The molecule has 0 saturated heterocycles. The van der Waals surface area contributed by atoms with E-state index in [1.807, 2.05) is 0 Å². The molecule has 3 N–H and O–H groups in total. The van der Waals surface area contributed by atoms with E-state index < -0.39 is 0 Å². The van der Waals surface area contributed by atoms with Crippen LogP contribution in [0, 0.1) is 22.7 Å². The van der Waals surface area contributed by atoms with Crippen molar-refractivity contribution < 1.29 is 4.79 Å². The van der Waals surface area contributed by atoms with Crippen molar-refractivity contribution in [1.29, 1.82) is 5.41 Å². The molecule has 2 atom stereocenters. The number of hydrogen-bond donors (Lipinski definition) is 3. The first-order valence-corrected chi connectivity index (χ1v) is 8.43. The number of carbonyl (C=O) groups excluding carboxylic acids is 1. The van der Waals surface area contributed by atoms with Crippen molar-refractivity contribution in [2.45, 2.75) is 66.5 Å². The molecule has 2 aliphatic rings. The van der Waals surface area contributed by atoms with Gasteiger partial charge >= 0.3 is 0 Å². The molecule has 0 aromatic carbocycles. The number of amidine groups is 1. The number of fused-ring (bicyclic) bond motifs is 2. The monoisotopic (exact) mass is 319 g/mol. The summed E-state index contributed by atoms with van der Waals surface area (Å²) in [5.41, 5.74) is 0.962. The molecule has 0 aromatic rings. The van der Waals surface area contributed by atoms with Crippen molar-refractivity contribution >= 4 is 23.4 Å². The van der Waals surface area contributed by atoms with Gasteiger partial charge < -0.3 is 5.32 Å². The van der Waals surface area contributed by atoms with Gasteiger partial charge in [-0.25, -0.2) is 4.99 Å². The van der Waals surface area contributed by atoms with Crippen LogP contribution in [0.2, 0.25) is 0 Å². The van der Waals surface area contributed by atoms with Crippen LogP contribution in [0.1, 0.15) is 54.4 Å². The van der Waals surface area contributed by atoms with Crippen LogP contribution in [0.4, 0.5) is 0 Å². The standard InChI is InChI=1S/C17H29N5O/c1-9(2)15(23)22-16(18)21-13-11-7-12(17(5,6)8-11)20-14(13)19-10(3)4/h9-12H,7-8H2,1-6H3,(H,19,20)(H2,18,22,23). The molecule has 1 aliphatic carbocycles. The maximum absolute atomic E-state index is 11.7. The topological polar surface area (TPSA) is 89.7 Å². The Hall–Kier alpha value is -1.72. The SMILES string of the molecule is CC(C)NC1=NC2CC(CC2(C)C)C1=NC(=N)NC(=O)C(C)C. The minimum absolute atomic E-state index is 0.0971. The first kappa shape index (κ1) is 17.6. The number of aliphatic imine (C=N–C) groups is 2. The van der Waals surface area contributed by atoms with Crippen molar-refractivity contribution in [3.05, 3.63) is 0 Å². The molecular weight excluding hydrogens is 290 g/mol. The Kier molecular flexibility index (Phi) is 4.92. The molecule has 0 aromatic heterocycles. The average molecular weight is 319 g/mol. The number of amides is 1. The third kappa shape index (κ3) is 3.98. The lowest BCUT2D eigenvalue weighted by molar-refractivity contribution is -0.122. The van der Waals surface area contributed by atoms with Crippen molar-refractivity contribution in [3.8, 4) is 0 Å². The van der Waals surface area contributed by atoms with Gasteiger partial charge in [-0.15, -0.1) is 0 Å². The van der Waals surface area contributed by atoms with Crippen LogP contribution >= 0.6 is 0 Å². The second-order valence-corrected chi connectivity index (χ2v) is 7.91. The third-order valence-corrected chi connectivity index (χ3v) is 4.52. The number of nitrogens with zero attached hydrogens (tertiary/aromatic N) is 2. The fourth-order valence-electron chi connectivity index (χ4n) is 3.23. The van der Waals surface area contributed by atoms with Gasteiger partial charge in [0.2, 0.25) is 11.9 Å². The first-order chi connectivity index (χ1) is 10.6. The summed E-state index contributed by atoms with van der Waals surface area (Å²) in [6, 6.07) is 0.547. The summed E-state index contributed by atoms with van der Waals surface area (Å²) < 4.78 is 0. The van der Waals surface area contributed by atoms with Crippen LogP contribution in [0.5, 0.6) is 0 Å². The molecule has 128 valence electrons. The van der Waals surface area contributed by atoms with Gasteiger partial charge in [-0.3, -0.25) is 20.5 Å². The maximum atomic E-state index is 11.7. The van der Waals surface area contributed by atoms with Gasteiger partial charge in [-0.2, -0.15) is 0 Å². The number of guanidine groups is 1. The van der Waals surface area contributed by atoms with Crippen LogP contribution in [0.25, 0.3) is 0 Å². The summed E-state index contributed by atoms with van der Waals surface area (Å²) in [7, 11) is 0. The second kappa shape index (κ2) is 6.42. The van der Waals surface area contributed by atoms with E-state index in [1.165, 1.54) is 0 Å². The van der Waals surface area contributed by atoms with Crippen molar-refractivity contribution in [3.63, 3.8) is 0 Å². The Morgan fingerprint density at radius 3 is 2.57 bits per heavy atom. The summed E-state index contributed by atoms with van der Waals surface area (Å²) in [5, 5.41) is 13.9. The third-order valence-electron chi connectivity index (χ3n) is 4.52. The normalized spacial score (nSPS) is 27.3. The van der Waals surface area contributed by atoms with Crippen LogP contribution in [0.3, 0.4) is 0 Å². The van der Waals surface area contributed by atoms with E-state index in [-0.39, 0.29) is 29.2 Å². The predicted molar refractivity (Wildman–Crippen MR) is 94.1 cm³/mol. The highest BCUT2D eigenvalue weighted by molar-refractivity contribution is 6.44. The van der Waals surface area contributed by atoms with Gasteiger partial charge in [-0.05, 0) is 32.1 Å². The van der Waals surface area contributed by atoms with Crippen molar-refractivity contribution in [2.75, 3.05) is 0 Å². The van der Waals surface area contributed by atoms with Crippen LogP contribution in [-0.4, -0.2) is 35.5 Å².